The van der Waals surface area contributed by atoms with Crippen LogP contribution >= 0.6 is 0 Å². The van der Waals surface area contributed by atoms with Gasteiger partial charge in [-0.15, -0.1) is 0 Å². The van der Waals surface area contributed by atoms with E-state index >= 15 is 0 Å². The highest BCUT2D eigenvalue weighted by Gasteiger charge is 2.26. The molecule has 1 saturated heterocycles. The molecule has 0 bridgehead atoms. The van der Waals surface area contributed by atoms with Crippen molar-refractivity contribution < 1.29 is 9.59 Å². The lowest BCUT2D eigenvalue weighted by Crippen LogP contribution is -2.50. The van der Waals surface area contributed by atoms with Gasteiger partial charge in [-0.3, -0.25) is 14.6 Å². The van der Waals surface area contributed by atoms with Crippen molar-refractivity contribution in [3.05, 3.63) is 78.1 Å². The molecular formula is C21H21N5O2. The normalized spacial score (nSPS) is 14.2. The Morgan fingerprint density at radius 1 is 0.893 bits per heavy atom. The molecule has 1 aliphatic rings. The lowest BCUT2D eigenvalue weighted by atomic mass is 10.1. The highest BCUT2D eigenvalue weighted by Crippen LogP contribution is 2.14. The summed E-state index contributed by atoms with van der Waals surface area (Å²) in [4.78, 5) is 37.1. The van der Waals surface area contributed by atoms with Crippen molar-refractivity contribution in [2.75, 3.05) is 26.2 Å². The highest BCUT2D eigenvalue weighted by atomic mass is 16.2. The maximum atomic E-state index is 12.8. The molecule has 4 rings (SSSR count). The molecule has 1 aromatic carbocycles. The lowest BCUT2D eigenvalue weighted by molar-refractivity contribution is 0.0532. The Hall–Kier alpha value is -3.48. The molecule has 0 aliphatic carbocycles. The van der Waals surface area contributed by atoms with Gasteiger partial charge in [0.2, 0.25) is 0 Å². The summed E-state index contributed by atoms with van der Waals surface area (Å²) >= 11 is 0. The van der Waals surface area contributed by atoms with Gasteiger partial charge in [-0.2, -0.15) is 0 Å². The van der Waals surface area contributed by atoms with Crippen LogP contribution in [0.4, 0.5) is 0 Å². The fourth-order valence-electron chi connectivity index (χ4n) is 3.24. The number of aromatic nitrogens is 3. The van der Waals surface area contributed by atoms with Gasteiger partial charge >= 0.3 is 0 Å². The van der Waals surface area contributed by atoms with E-state index in [0.29, 0.717) is 37.4 Å². The van der Waals surface area contributed by atoms with E-state index in [4.69, 9.17) is 0 Å². The first-order chi connectivity index (χ1) is 13.6. The molecule has 28 heavy (non-hydrogen) atoms. The molecule has 2 aromatic heterocycles. The van der Waals surface area contributed by atoms with E-state index in [1.165, 1.54) is 0 Å². The molecule has 3 heterocycles. The Bertz CT molecular complexity index is 957. The quantitative estimate of drug-likeness (QED) is 0.703. The van der Waals surface area contributed by atoms with Crippen LogP contribution in [0.25, 0.3) is 5.69 Å². The number of aryl methyl sites for hydroxylation is 1. The number of nitrogens with zero attached hydrogens (tertiary/aromatic N) is 5. The Kier molecular flexibility index (Phi) is 4.89. The number of imidazole rings is 1. The van der Waals surface area contributed by atoms with E-state index in [1.54, 1.807) is 34.6 Å². The van der Waals surface area contributed by atoms with E-state index < -0.39 is 0 Å². The van der Waals surface area contributed by atoms with Gasteiger partial charge in [0.15, 0.2) is 0 Å². The van der Waals surface area contributed by atoms with Gasteiger partial charge in [-0.25, -0.2) is 4.98 Å². The fourth-order valence-corrected chi connectivity index (χ4v) is 3.24. The molecule has 0 radical (unpaired) electrons. The van der Waals surface area contributed by atoms with Crippen LogP contribution in [0.5, 0.6) is 0 Å². The van der Waals surface area contributed by atoms with Gasteiger partial charge in [0, 0.05) is 56.0 Å². The molecule has 0 atom stereocenters. The zero-order chi connectivity index (χ0) is 19.5. The first-order valence-electron chi connectivity index (χ1n) is 9.21. The second-order valence-corrected chi connectivity index (χ2v) is 6.82. The van der Waals surface area contributed by atoms with Crippen LogP contribution in [0.3, 0.4) is 0 Å². The summed E-state index contributed by atoms with van der Waals surface area (Å²) < 4.78 is 1.89. The smallest absolute Gasteiger partial charge is 0.272 e. The molecule has 0 N–H and O–H groups in total. The molecule has 1 fully saturated rings. The maximum Gasteiger partial charge on any atom is 0.272 e. The largest absolute Gasteiger partial charge is 0.335 e. The average Bonchev–Trinajstić information content (AvgIpc) is 3.28. The van der Waals surface area contributed by atoms with Gasteiger partial charge < -0.3 is 14.4 Å². The zero-order valence-corrected chi connectivity index (χ0v) is 15.7. The summed E-state index contributed by atoms with van der Waals surface area (Å²) in [6.07, 6.45) is 6.98. The average molecular weight is 375 g/mol. The van der Waals surface area contributed by atoms with Gasteiger partial charge in [0.1, 0.15) is 5.69 Å². The third-order valence-electron chi connectivity index (χ3n) is 4.90. The molecule has 3 aromatic rings. The van der Waals surface area contributed by atoms with Crippen molar-refractivity contribution >= 4 is 11.8 Å². The SMILES string of the molecule is Cc1ccc(C(=O)N2CCN(C(=O)c3ccc(-n4ccnc4)cc3)CC2)nc1. The molecule has 0 unspecified atom stereocenters. The van der Waals surface area contributed by atoms with Crippen molar-refractivity contribution in [2.24, 2.45) is 0 Å². The molecule has 2 amide bonds. The van der Waals surface area contributed by atoms with Crippen LogP contribution in [0.15, 0.2) is 61.3 Å². The number of hydrogen-bond acceptors (Lipinski definition) is 4. The second kappa shape index (κ2) is 7.64. The van der Waals surface area contributed by atoms with E-state index in [0.717, 1.165) is 11.3 Å². The molecule has 7 nitrogen and oxygen atoms in total. The summed E-state index contributed by atoms with van der Waals surface area (Å²) in [7, 11) is 0. The number of rotatable bonds is 3. The summed E-state index contributed by atoms with van der Waals surface area (Å²) in [5, 5.41) is 0. The second-order valence-electron chi connectivity index (χ2n) is 6.82. The first-order valence-corrected chi connectivity index (χ1v) is 9.21. The maximum absolute atomic E-state index is 12.8. The first kappa shape index (κ1) is 17.9. The number of pyridine rings is 1. The van der Waals surface area contributed by atoms with Crippen molar-refractivity contribution in [1.82, 2.24) is 24.3 Å². The van der Waals surface area contributed by atoms with Crippen LogP contribution in [0.2, 0.25) is 0 Å². The topological polar surface area (TPSA) is 71.3 Å². The van der Waals surface area contributed by atoms with Crippen molar-refractivity contribution in [3.63, 3.8) is 0 Å². The van der Waals surface area contributed by atoms with Crippen molar-refractivity contribution in [3.8, 4) is 5.69 Å². The highest BCUT2D eigenvalue weighted by molar-refractivity contribution is 5.95. The van der Waals surface area contributed by atoms with E-state index in [1.807, 2.05) is 48.0 Å². The minimum Gasteiger partial charge on any atom is -0.335 e. The number of carbonyl (C=O) groups excluding carboxylic acids is 2. The molecule has 142 valence electrons. The third kappa shape index (κ3) is 3.64. The molecule has 0 spiro atoms. The van der Waals surface area contributed by atoms with E-state index in [2.05, 4.69) is 9.97 Å². The summed E-state index contributed by atoms with van der Waals surface area (Å²) in [5.41, 5.74) is 3.06. The summed E-state index contributed by atoms with van der Waals surface area (Å²) in [5.74, 6) is -0.102. The minimum atomic E-state index is -0.0863. The van der Waals surface area contributed by atoms with Crippen LogP contribution < -0.4 is 0 Å². The van der Waals surface area contributed by atoms with Gasteiger partial charge in [-0.1, -0.05) is 6.07 Å². The zero-order valence-electron chi connectivity index (χ0n) is 15.7. The van der Waals surface area contributed by atoms with Gasteiger partial charge in [-0.05, 0) is 42.8 Å². The van der Waals surface area contributed by atoms with Crippen LogP contribution in [0, 0.1) is 6.92 Å². The summed E-state index contributed by atoms with van der Waals surface area (Å²) in [6, 6.07) is 11.1. The Morgan fingerprint density at radius 2 is 1.57 bits per heavy atom. The molecule has 7 heteroatoms. The number of amides is 2. The molecule has 1 aliphatic heterocycles. The number of piperazine rings is 1. The van der Waals surface area contributed by atoms with Crippen molar-refractivity contribution in [1.29, 1.82) is 0 Å². The summed E-state index contributed by atoms with van der Waals surface area (Å²) in [6.45, 7) is 3.98. The number of carbonyl (C=O) groups is 2. The standard InChI is InChI=1S/C21H21N5O2/c1-16-2-7-19(23-14-16)21(28)25-12-10-24(11-13-25)20(27)17-3-5-18(6-4-17)26-9-8-22-15-26/h2-9,14-15H,10-13H2,1H3. The van der Waals surface area contributed by atoms with Crippen LogP contribution in [-0.4, -0.2) is 62.3 Å². The van der Waals surface area contributed by atoms with Crippen LogP contribution in [-0.2, 0) is 0 Å². The predicted octanol–water partition coefficient (Wildman–Crippen LogP) is 2.17. The monoisotopic (exact) mass is 375 g/mol. The molecule has 0 saturated carbocycles. The number of hydrogen-bond donors (Lipinski definition) is 0. The Balaban J connectivity index is 1.37. The fraction of sp³-hybridized carbons (Fsp3) is 0.238. The Labute approximate surface area is 163 Å². The van der Waals surface area contributed by atoms with E-state index in [-0.39, 0.29) is 11.8 Å². The lowest BCUT2D eigenvalue weighted by Gasteiger charge is -2.34. The van der Waals surface area contributed by atoms with E-state index in [9.17, 15) is 9.59 Å². The molecular weight excluding hydrogens is 354 g/mol. The van der Waals surface area contributed by atoms with Crippen molar-refractivity contribution in [2.45, 2.75) is 6.92 Å². The van der Waals surface area contributed by atoms with Gasteiger partial charge in [0.25, 0.3) is 11.8 Å². The minimum absolute atomic E-state index is 0.0160. The third-order valence-corrected chi connectivity index (χ3v) is 4.90. The van der Waals surface area contributed by atoms with Crippen LogP contribution in [0.1, 0.15) is 26.4 Å². The van der Waals surface area contributed by atoms with Gasteiger partial charge in [0.05, 0.1) is 6.33 Å². The number of benzene rings is 1. The Morgan fingerprint density at radius 3 is 2.14 bits per heavy atom. The predicted molar refractivity (Wildman–Crippen MR) is 104 cm³/mol.